The molecular weight excluding hydrogens is 238 g/mol. The monoisotopic (exact) mass is 261 g/mol. The molecule has 0 aliphatic carbocycles. The van der Waals surface area contributed by atoms with Crippen molar-refractivity contribution in [1.29, 1.82) is 0 Å². The van der Waals surface area contributed by atoms with Crippen LogP contribution in [0.2, 0.25) is 0 Å². The molecule has 104 valence electrons. The first-order valence-electron chi connectivity index (χ1n) is 7.03. The van der Waals surface area contributed by atoms with Crippen molar-refractivity contribution >= 4 is 5.97 Å². The van der Waals surface area contributed by atoms with Crippen LogP contribution in [0, 0.1) is 5.92 Å². The van der Waals surface area contributed by atoms with E-state index in [-0.39, 0.29) is 17.9 Å². The number of hydrogen-bond acceptors (Lipinski definition) is 3. The van der Waals surface area contributed by atoms with E-state index in [1.165, 1.54) is 12.7 Å². The fourth-order valence-electron chi connectivity index (χ4n) is 3.07. The molecule has 1 aliphatic heterocycles. The van der Waals surface area contributed by atoms with Crippen LogP contribution >= 0.6 is 0 Å². The maximum absolute atomic E-state index is 12.1. The molecule has 2 rings (SSSR count). The molecule has 0 N–H and O–H groups in total. The lowest BCUT2D eigenvalue weighted by atomic mass is 9.98. The second-order valence-corrected chi connectivity index (χ2v) is 5.52. The summed E-state index contributed by atoms with van der Waals surface area (Å²) in [6.07, 6.45) is 2.25. The first kappa shape index (κ1) is 14.1. The van der Waals surface area contributed by atoms with Gasteiger partial charge in [0.05, 0.1) is 7.11 Å². The predicted octanol–water partition coefficient (Wildman–Crippen LogP) is 3.02. The third-order valence-corrected chi connectivity index (χ3v) is 3.91. The Kier molecular flexibility index (Phi) is 4.59. The summed E-state index contributed by atoms with van der Waals surface area (Å²) in [5.74, 6) is 0.148. The van der Waals surface area contributed by atoms with Crippen LogP contribution in [-0.2, 0) is 9.53 Å². The Hall–Kier alpha value is -1.35. The summed E-state index contributed by atoms with van der Waals surface area (Å²) in [4.78, 5) is 14.4. The van der Waals surface area contributed by atoms with Gasteiger partial charge in [0.1, 0.15) is 6.04 Å². The zero-order valence-electron chi connectivity index (χ0n) is 12.0. The zero-order valence-corrected chi connectivity index (χ0v) is 12.0. The van der Waals surface area contributed by atoms with E-state index in [1.807, 2.05) is 6.07 Å². The molecule has 0 amide bonds. The summed E-state index contributed by atoms with van der Waals surface area (Å²) < 4.78 is 4.99. The number of ether oxygens (including phenoxy) is 1. The zero-order chi connectivity index (χ0) is 13.8. The Morgan fingerprint density at radius 1 is 1.32 bits per heavy atom. The highest BCUT2D eigenvalue weighted by molar-refractivity contribution is 5.76. The van der Waals surface area contributed by atoms with Gasteiger partial charge in [-0.25, -0.2) is 0 Å². The maximum atomic E-state index is 12.1. The molecule has 0 saturated carbocycles. The molecule has 1 aromatic carbocycles. The number of hydrogen-bond donors (Lipinski definition) is 0. The number of carbonyl (C=O) groups excluding carboxylic acids is 1. The SMILES string of the molecule is COC(=O)[C@@H](C(C)C)N1CCC[C@H]1c1ccccc1. The fraction of sp³-hybridized carbons (Fsp3) is 0.562. The topological polar surface area (TPSA) is 29.5 Å². The molecule has 19 heavy (non-hydrogen) atoms. The van der Waals surface area contributed by atoms with Crippen molar-refractivity contribution in [3.05, 3.63) is 35.9 Å². The average molecular weight is 261 g/mol. The van der Waals surface area contributed by atoms with E-state index in [1.54, 1.807) is 0 Å². The molecular formula is C16H23NO2. The summed E-state index contributed by atoms with van der Waals surface area (Å²) in [5, 5.41) is 0. The smallest absolute Gasteiger partial charge is 0.323 e. The van der Waals surface area contributed by atoms with Crippen LogP contribution in [0.25, 0.3) is 0 Å². The van der Waals surface area contributed by atoms with Crippen molar-refractivity contribution in [2.75, 3.05) is 13.7 Å². The van der Waals surface area contributed by atoms with Crippen molar-refractivity contribution in [2.24, 2.45) is 5.92 Å². The Balaban J connectivity index is 2.24. The van der Waals surface area contributed by atoms with Crippen LogP contribution in [-0.4, -0.2) is 30.6 Å². The molecule has 0 bridgehead atoms. The molecule has 0 unspecified atom stereocenters. The lowest BCUT2D eigenvalue weighted by Crippen LogP contribution is -2.44. The quantitative estimate of drug-likeness (QED) is 0.780. The molecule has 1 saturated heterocycles. The normalized spacial score (nSPS) is 21.6. The van der Waals surface area contributed by atoms with E-state index >= 15 is 0 Å². The van der Waals surface area contributed by atoms with Gasteiger partial charge in [0.15, 0.2) is 0 Å². The highest BCUT2D eigenvalue weighted by Gasteiger charge is 2.37. The van der Waals surface area contributed by atoms with Crippen molar-refractivity contribution in [3.8, 4) is 0 Å². The fourth-order valence-corrected chi connectivity index (χ4v) is 3.07. The highest BCUT2D eigenvalue weighted by atomic mass is 16.5. The summed E-state index contributed by atoms with van der Waals surface area (Å²) in [5.41, 5.74) is 1.30. The van der Waals surface area contributed by atoms with Gasteiger partial charge in [0.25, 0.3) is 0 Å². The third-order valence-electron chi connectivity index (χ3n) is 3.91. The molecule has 3 nitrogen and oxygen atoms in total. The van der Waals surface area contributed by atoms with Crippen LogP contribution in [0.3, 0.4) is 0 Å². The van der Waals surface area contributed by atoms with E-state index in [0.717, 1.165) is 19.4 Å². The van der Waals surface area contributed by atoms with Crippen LogP contribution in [0.1, 0.15) is 38.3 Å². The van der Waals surface area contributed by atoms with Crippen molar-refractivity contribution < 1.29 is 9.53 Å². The van der Waals surface area contributed by atoms with Gasteiger partial charge in [0.2, 0.25) is 0 Å². The number of rotatable bonds is 4. The second-order valence-electron chi connectivity index (χ2n) is 5.52. The Bertz CT molecular complexity index is 416. The summed E-state index contributed by atoms with van der Waals surface area (Å²) in [6.45, 7) is 5.14. The van der Waals surface area contributed by atoms with Crippen molar-refractivity contribution in [1.82, 2.24) is 4.90 Å². The molecule has 0 radical (unpaired) electrons. The molecule has 0 spiro atoms. The number of benzene rings is 1. The van der Waals surface area contributed by atoms with Crippen LogP contribution in [0.4, 0.5) is 0 Å². The molecule has 2 atom stereocenters. The minimum Gasteiger partial charge on any atom is -0.468 e. The van der Waals surface area contributed by atoms with Crippen LogP contribution < -0.4 is 0 Å². The minimum atomic E-state index is -0.141. The van der Waals surface area contributed by atoms with Gasteiger partial charge < -0.3 is 4.74 Å². The Morgan fingerprint density at radius 3 is 2.58 bits per heavy atom. The predicted molar refractivity (Wildman–Crippen MR) is 75.8 cm³/mol. The largest absolute Gasteiger partial charge is 0.468 e. The number of esters is 1. The van der Waals surface area contributed by atoms with Gasteiger partial charge in [-0.05, 0) is 30.9 Å². The van der Waals surface area contributed by atoms with Crippen molar-refractivity contribution in [3.63, 3.8) is 0 Å². The molecule has 3 heteroatoms. The van der Waals surface area contributed by atoms with Gasteiger partial charge in [0, 0.05) is 6.04 Å². The lowest BCUT2D eigenvalue weighted by Gasteiger charge is -2.33. The van der Waals surface area contributed by atoms with E-state index in [0.29, 0.717) is 6.04 Å². The highest BCUT2D eigenvalue weighted by Crippen LogP contribution is 2.35. The number of methoxy groups -OCH3 is 1. The first-order valence-corrected chi connectivity index (χ1v) is 7.03. The summed E-state index contributed by atoms with van der Waals surface area (Å²) in [7, 11) is 1.48. The minimum absolute atomic E-state index is 0.113. The van der Waals surface area contributed by atoms with Gasteiger partial charge in [-0.3, -0.25) is 9.69 Å². The molecule has 1 aliphatic rings. The van der Waals surface area contributed by atoms with Gasteiger partial charge in [-0.2, -0.15) is 0 Å². The number of carbonyl (C=O) groups is 1. The van der Waals surface area contributed by atoms with Gasteiger partial charge >= 0.3 is 5.97 Å². The van der Waals surface area contributed by atoms with E-state index in [2.05, 4.69) is 43.0 Å². The maximum Gasteiger partial charge on any atom is 0.323 e. The number of nitrogens with zero attached hydrogens (tertiary/aromatic N) is 1. The van der Waals surface area contributed by atoms with Crippen LogP contribution in [0.5, 0.6) is 0 Å². The standard InChI is InChI=1S/C16H23NO2/c1-12(2)15(16(18)19-3)17-11-7-10-14(17)13-8-5-4-6-9-13/h4-6,8-9,12,14-15H,7,10-11H2,1-3H3/t14-,15+/m0/s1. The van der Waals surface area contributed by atoms with E-state index in [9.17, 15) is 4.79 Å². The third kappa shape index (κ3) is 2.98. The number of likely N-dealkylation sites (tertiary alicyclic amines) is 1. The van der Waals surface area contributed by atoms with E-state index < -0.39 is 0 Å². The Morgan fingerprint density at radius 2 is 2.00 bits per heavy atom. The second kappa shape index (κ2) is 6.20. The van der Waals surface area contributed by atoms with E-state index in [4.69, 9.17) is 4.74 Å². The first-order chi connectivity index (χ1) is 9.15. The summed E-state index contributed by atoms with van der Waals surface area (Å²) >= 11 is 0. The van der Waals surface area contributed by atoms with Crippen molar-refractivity contribution in [2.45, 2.75) is 38.8 Å². The van der Waals surface area contributed by atoms with Gasteiger partial charge in [-0.15, -0.1) is 0 Å². The lowest BCUT2D eigenvalue weighted by molar-refractivity contribution is -0.149. The molecule has 1 aromatic rings. The Labute approximate surface area is 115 Å². The molecule has 0 aromatic heterocycles. The van der Waals surface area contributed by atoms with Gasteiger partial charge in [-0.1, -0.05) is 44.2 Å². The molecule has 1 fully saturated rings. The molecule has 1 heterocycles. The summed E-state index contributed by atoms with van der Waals surface area (Å²) in [6, 6.07) is 10.7. The average Bonchev–Trinajstić information content (AvgIpc) is 2.88. The van der Waals surface area contributed by atoms with Crippen LogP contribution in [0.15, 0.2) is 30.3 Å².